The number of carbonyl (C=O) groups excluding carboxylic acids is 1. The van der Waals surface area contributed by atoms with E-state index in [1.165, 1.54) is 13.0 Å². The van der Waals surface area contributed by atoms with Crippen molar-refractivity contribution in [2.45, 2.75) is 64.2 Å². The molecule has 0 aromatic heterocycles. The molecule has 0 unspecified atom stereocenters. The topological polar surface area (TPSA) is 87.7 Å². The van der Waals surface area contributed by atoms with Crippen LogP contribution in [0, 0.1) is 6.92 Å². The molecule has 0 bridgehead atoms. The van der Waals surface area contributed by atoms with Gasteiger partial charge in [-0.2, -0.15) is 0 Å². The zero-order valence-corrected chi connectivity index (χ0v) is 17.8. The smallest absolute Gasteiger partial charge is 0.240 e. The lowest BCUT2D eigenvalue weighted by Gasteiger charge is -2.45. The van der Waals surface area contributed by atoms with Gasteiger partial charge >= 0.3 is 0 Å². The number of nitrogens with zero attached hydrogens (tertiary/aromatic N) is 1. The summed E-state index contributed by atoms with van der Waals surface area (Å²) >= 11 is 0. The fourth-order valence-electron chi connectivity index (χ4n) is 3.30. The van der Waals surface area contributed by atoms with Crippen LogP contribution < -0.4 is 10.0 Å². The summed E-state index contributed by atoms with van der Waals surface area (Å²) in [6.45, 7) is 13.0. The van der Waals surface area contributed by atoms with E-state index in [-0.39, 0.29) is 35.1 Å². The number of amides is 1. The average Bonchev–Trinajstić information content (AvgIpc) is 2.53. The van der Waals surface area contributed by atoms with Crippen LogP contribution in [0.25, 0.3) is 0 Å². The number of ether oxygens (including phenoxy) is 1. The van der Waals surface area contributed by atoms with Crippen molar-refractivity contribution in [2.75, 3.05) is 25.0 Å². The number of anilines is 1. The Balaban J connectivity index is 2.15. The number of nitrogens with one attached hydrogen (secondary N) is 2. The predicted octanol–water partition coefficient (Wildman–Crippen LogP) is 2.12. The Kier molecular flexibility index (Phi) is 6.68. The first-order valence-electron chi connectivity index (χ1n) is 9.19. The zero-order chi connectivity index (χ0) is 20.4. The summed E-state index contributed by atoms with van der Waals surface area (Å²) in [6, 6.07) is 4.87. The van der Waals surface area contributed by atoms with Gasteiger partial charge in [-0.1, -0.05) is 6.07 Å². The summed E-state index contributed by atoms with van der Waals surface area (Å²) < 4.78 is 34.3. The molecule has 2 atom stereocenters. The van der Waals surface area contributed by atoms with E-state index in [1.54, 1.807) is 19.1 Å². The molecular formula is C19H31N3O4S. The highest BCUT2D eigenvalue weighted by Gasteiger charge is 2.34. The van der Waals surface area contributed by atoms with E-state index >= 15 is 0 Å². The van der Waals surface area contributed by atoms with Crippen molar-refractivity contribution in [3.63, 3.8) is 0 Å². The average molecular weight is 398 g/mol. The van der Waals surface area contributed by atoms with E-state index < -0.39 is 10.0 Å². The molecule has 1 aromatic carbocycles. The molecule has 27 heavy (non-hydrogen) atoms. The lowest BCUT2D eigenvalue weighted by Crippen LogP contribution is -2.58. The molecule has 7 nitrogen and oxygen atoms in total. The van der Waals surface area contributed by atoms with Crippen molar-refractivity contribution in [3.05, 3.63) is 23.8 Å². The molecule has 0 aliphatic carbocycles. The fraction of sp³-hybridized carbons (Fsp3) is 0.632. The maximum absolute atomic E-state index is 12.9. The fourth-order valence-corrected chi connectivity index (χ4v) is 4.78. The van der Waals surface area contributed by atoms with Crippen molar-refractivity contribution >= 4 is 21.6 Å². The maximum Gasteiger partial charge on any atom is 0.240 e. The van der Waals surface area contributed by atoms with Gasteiger partial charge in [-0.25, -0.2) is 13.1 Å². The van der Waals surface area contributed by atoms with Crippen molar-refractivity contribution < 1.29 is 17.9 Å². The first kappa shape index (κ1) is 21.8. The highest BCUT2D eigenvalue weighted by Crippen LogP contribution is 2.23. The lowest BCUT2D eigenvalue weighted by molar-refractivity contribution is -0.114. The Morgan fingerprint density at radius 3 is 2.41 bits per heavy atom. The highest BCUT2D eigenvalue weighted by molar-refractivity contribution is 7.89. The summed E-state index contributed by atoms with van der Waals surface area (Å²) in [5.41, 5.74) is 0.731. The van der Waals surface area contributed by atoms with Crippen LogP contribution in [-0.4, -0.2) is 56.6 Å². The minimum atomic E-state index is -3.71. The van der Waals surface area contributed by atoms with Gasteiger partial charge in [0.05, 0.1) is 17.1 Å². The number of aryl methyl sites for hydroxylation is 1. The Morgan fingerprint density at radius 2 is 1.85 bits per heavy atom. The van der Waals surface area contributed by atoms with E-state index in [4.69, 9.17) is 4.74 Å². The van der Waals surface area contributed by atoms with Gasteiger partial charge in [-0.05, 0) is 52.3 Å². The van der Waals surface area contributed by atoms with Gasteiger partial charge in [-0.3, -0.25) is 9.69 Å². The lowest BCUT2D eigenvalue weighted by atomic mass is 10.0. The number of morpholine rings is 1. The molecule has 1 fully saturated rings. The summed E-state index contributed by atoms with van der Waals surface area (Å²) in [4.78, 5) is 13.7. The summed E-state index contributed by atoms with van der Waals surface area (Å²) in [6.07, 6.45) is 0.224. The van der Waals surface area contributed by atoms with Gasteiger partial charge in [0.25, 0.3) is 0 Å². The maximum atomic E-state index is 12.9. The van der Waals surface area contributed by atoms with Crippen LogP contribution in [0.15, 0.2) is 23.1 Å². The third-order valence-corrected chi connectivity index (χ3v) is 6.31. The van der Waals surface area contributed by atoms with Gasteiger partial charge < -0.3 is 10.1 Å². The first-order chi connectivity index (χ1) is 12.4. The number of benzene rings is 1. The molecule has 8 heteroatoms. The van der Waals surface area contributed by atoms with Gasteiger partial charge in [0.1, 0.15) is 0 Å². The van der Waals surface area contributed by atoms with E-state index in [2.05, 4.69) is 14.9 Å². The van der Waals surface area contributed by atoms with Gasteiger partial charge in [0, 0.05) is 37.8 Å². The third kappa shape index (κ3) is 5.75. The molecule has 1 aliphatic rings. The summed E-state index contributed by atoms with van der Waals surface area (Å²) in [7, 11) is -3.71. The molecule has 0 radical (unpaired) electrons. The second kappa shape index (κ2) is 8.26. The summed E-state index contributed by atoms with van der Waals surface area (Å²) in [5.74, 6) is -0.244. The van der Waals surface area contributed by atoms with E-state index in [0.29, 0.717) is 11.3 Å². The van der Waals surface area contributed by atoms with Gasteiger partial charge in [0.2, 0.25) is 15.9 Å². The molecule has 0 saturated carbocycles. The Labute approximate surface area is 162 Å². The second-order valence-electron chi connectivity index (χ2n) is 7.96. The molecule has 1 amide bonds. The molecule has 152 valence electrons. The van der Waals surface area contributed by atoms with Gasteiger partial charge in [0.15, 0.2) is 0 Å². The van der Waals surface area contributed by atoms with Crippen molar-refractivity contribution in [3.8, 4) is 0 Å². The molecule has 1 aliphatic heterocycles. The number of sulfonamides is 1. The second-order valence-corrected chi connectivity index (χ2v) is 9.70. The normalized spacial score (nSPS) is 21.9. The number of hydrogen-bond donors (Lipinski definition) is 2. The van der Waals surface area contributed by atoms with Crippen LogP contribution in [0.5, 0.6) is 0 Å². The Hall–Kier alpha value is -1.48. The Bertz CT molecular complexity index is 782. The molecule has 1 aromatic rings. The predicted molar refractivity (Wildman–Crippen MR) is 106 cm³/mol. The van der Waals surface area contributed by atoms with Crippen LogP contribution in [0.1, 0.15) is 40.2 Å². The van der Waals surface area contributed by atoms with E-state index in [0.717, 1.165) is 13.1 Å². The molecule has 1 saturated heterocycles. The van der Waals surface area contributed by atoms with Crippen LogP contribution in [-0.2, 0) is 19.6 Å². The van der Waals surface area contributed by atoms with Crippen LogP contribution in [0.3, 0.4) is 0 Å². The summed E-state index contributed by atoms with van der Waals surface area (Å²) in [5, 5.41) is 2.62. The molecule has 0 spiro atoms. The third-order valence-electron chi connectivity index (χ3n) is 4.77. The SMILES string of the molecule is CC(=O)Nc1ccc(C)c(S(=O)(=O)NCC(C)(C)N2C[C@@H](C)O[C@@H](C)C2)c1. The van der Waals surface area contributed by atoms with Crippen molar-refractivity contribution in [1.29, 1.82) is 0 Å². The quantitative estimate of drug-likeness (QED) is 0.768. The first-order valence-corrected chi connectivity index (χ1v) is 10.7. The zero-order valence-electron chi connectivity index (χ0n) is 17.0. The van der Waals surface area contributed by atoms with Crippen LogP contribution in [0.2, 0.25) is 0 Å². The minimum Gasteiger partial charge on any atom is -0.373 e. The van der Waals surface area contributed by atoms with Gasteiger partial charge in [-0.15, -0.1) is 0 Å². The highest BCUT2D eigenvalue weighted by atomic mass is 32.2. The van der Waals surface area contributed by atoms with Crippen molar-refractivity contribution in [2.24, 2.45) is 0 Å². The Morgan fingerprint density at radius 1 is 1.26 bits per heavy atom. The van der Waals surface area contributed by atoms with Crippen molar-refractivity contribution in [1.82, 2.24) is 9.62 Å². The van der Waals surface area contributed by atoms with Crippen LogP contribution in [0.4, 0.5) is 5.69 Å². The van der Waals surface area contributed by atoms with E-state index in [1.807, 2.05) is 27.7 Å². The number of rotatable bonds is 6. The van der Waals surface area contributed by atoms with Crippen LogP contribution >= 0.6 is 0 Å². The molecular weight excluding hydrogens is 366 g/mol. The monoisotopic (exact) mass is 397 g/mol. The molecule has 2 rings (SSSR count). The molecule has 2 N–H and O–H groups in total. The molecule has 1 heterocycles. The van der Waals surface area contributed by atoms with E-state index in [9.17, 15) is 13.2 Å². The number of carbonyl (C=O) groups is 1. The number of hydrogen-bond acceptors (Lipinski definition) is 5. The standard InChI is InChI=1S/C19H31N3O4S/c1-13-7-8-17(21-16(4)23)9-18(13)27(24,25)20-12-19(5,6)22-10-14(2)26-15(3)11-22/h7-9,14-15,20H,10-12H2,1-6H3,(H,21,23)/t14-,15+. The minimum absolute atomic E-state index is 0.112. The largest absolute Gasteiger partial charge is 0.373 e.